The van der Waals surface area contributed by atoms with Gasteiger partial charge in [-0.05, 0) is 75.1 Å². The number of nitrogens with zero attached hydrogens (tertiary/aromatic N) is 6. The van der Waals surface area contributed by atoms with Crippen LogP contribution in [0.2, 0.25) is 10.0 Å². The third-order valence-electron chi connectivity index (χ3n) is 8.75. The third-order valence-corrected chi connectivity index (χ3v) is 9.26. The molecule has 2 N–H and O–H groups in total. The predicted octanol–water partition coefficient (Wildman–Crippen LogP) is 8.67. The van der Waals surface area contributed by atoms with Crippen LogP contribution in [0.5, 0.6) is 0 Å². The molecule has 1 fully saturated rings. The highest BCUT2D eigenvalue weighted by Gasteiger charge is 2.29. The lowest BCUT2D eigenvalue weighted by molar-refractivity contribution is 0.0866. The fourth-order valence-corrected chi connectivity index (χ4v) is 6.63. The van der Waals surface area contributed by atoms with E-state index in [4.69, 9.17) is 27.9 Å². The molecule has 5 aromatic rings. The third kappa shape index (κ3) is 7.25. The molecule has 1 atom stereocenters. The summed E-state index contributed by atoms with van der Waals surface area (Å²) in [4.78, 5) is 7.19. The van der Waals surface area contributed by atoms with E-state index in [-0.39, 0.29) is 16.6 Å². The van der Waals surface area contributed by atoms with Gasteiger partial charge in [0.2, 0.25) is 0 Å². The van der Waals surface area contributed by atoms with Gasteiger partial charge in [0.05, 0.1) is 52.4 Å². The molecule has 1 saturated heterocycles. The first kappa shape index (κ1) is 33.6. The average molecular weight is 688 g/mol. The number of anilines is 3. The summed E-state index contributed by atoms with van der Waals surface area (Å²) >= 11 is 12.8. The fourth-order valence-electron chi connectivity index (χ4n) is 6.23. The highest BCUT2D eigenvalue weighted by Crippen LogP contribution is 2.38. The largest absolute Gasteiger partial charge is 0.380 e. The summed E-state index contributed by atoms with van der Waals surface area (Å²) in [5.74, 6) is -0.537. The van der Waals surface area contributed by atoms with Gasteiger partial charge in [0, 0.05) is 48.0 Å². The number of nitriles is 1. The number of halogens is 3. The minimum atomic E-state index is -0.537. The van der Waals surface area contributed by atoms with E-state index in [0.29, 0.717) is 45.2 Å². The highest BCUT2D eigenvalue weighted by molar-refractivity contribution is 6.32. The van der Waals surface area contributed by atoms with E-state index >= 15 is 0 Å². The van der Waals surface area contributed by atoms with E-state index in [1.54, 1.807) is 25.3 Å². The summed E-state index contributed by atoms with van der Waals surface area (Å²) in [6.45, 7) is 9.21. The Morgan fingerprint density at radius 1 is 1.10 bits per heavy atom. The maximum Gasteiger partial charge on any atom is 0.141 e. The molecule has 2 aromatic heterocycles. The zero-order chi connectivity index (χ0) is 34.0. The van der Waals surface area contributed by atoms with E-state index in [0.717, 1.165) is 42.8 Å². The van der Waals surface area contributed by atoms with E-state index in [2.05, 4.69) is 63.7 Å². The second-order valence-electron chi connectivity index (χ2n) is 13.0. The lowest BCUT2D eigenvalue weighted by Crippen LogP contribution is -2.46. The lowest BCUT2D eigenvalue weighted by Gasteiger charge is -2.40. The van der Waals surface area contributed by atoms with Crippen LogP contribution in [0.1, 0.15) is 68.1 Å². The van der Waals surface area contributed by atoms with Crippen LogP contribution < -0.4 is 10.6 Å². The van der Waals surface area contributed by atoms with Gasteiger partial charge in [-0.15, -0.1) is 5.10 Å². The second kappa shape index (κ2) is 14.1. The predicted molar refractivity (Wildman–Crippen MR) is 188 cm³/mol. The van der Waals surface area contributed by atoms with Gasteiger partial charge in [0.15, 0.2) is 0 Å². The topological polar surface area (TPSA) is 104 Å². The van der Waals surface area contributed by atoms with Crippen molar-refractivity contribution in [2.45, 2.75) is 57.8 Å². The molecule has 48 heavy (non-hydrogen) atoms. The first-order chi connectivity index (χ1) is 23.0. The molecule has 12 heteroatoms. The molecule has 1 aliphatic heterocycles. The summed E-state index contributed by atoms with van der Waals surface area (Å²) in [5, 5.41) is 27.2. The van der Waals surface area contributed by atoms with Crippen LogP contribution >= 0.6 is 23.2 Å². The number of piperidine rings is 1. The summed E-state index contributed by atoms with van der Waals surface area (Å²) in [7, 11) is 1.67. The molecule has 0 bridgehead atoms. The fraction of sp³-hybridized carbons (Fsp3) is 0.333. The Kier molecular flexibility index (Phi) is 9.85. The van der Waals surface area contributed by atoms with Gasteiger partial charge < -0.3 is 15.4 Å². The molecule has 9 nitrogen and oxygen atoms in total. The number of nitrogens with one attached hydrogen (secondary N) is 2. The number of hydrogen-bond donors (Lipinski definition) is 2. The van der Waals surface area contributed by atoms with Gasteiger partial charge in [-0.1, -0.05) is 52.7 Å². The van der Waals surface area contributed by atoms with Crippen molar-refractivity contribution in [3.8, 4) is 6.07 Å². The average Bonchev–Trinajstić information content (AvgIpc) is 3.55. The van der Waals surface area contributed by atoms with Crippen molar-refractivity contribution in [1.82, 2.24) is 24.9 Å². The summed E-state index contributed by atoms with van der Waals surface area (Å²) in [6, 6.07) is 18.0. The second-order valence-corrected chi connectivity index (χ2v) is 13.9. The van der Waals surface area contributed by atoms with Crippen LogP contribution in [0.15, 0.2) is 67.0 Å². The first-order valence-corrected chi connectivity index (χ1v) is 16.5. The number of aromatic nitrogens is 4. The Labute approximate surface area is 289 Å². The molecular formula is C36H37Cl2FN8O. The number of likely N-dealkylation sites (tertiary alicyclic amines) is 1. The number of hydrogen-bond acceptors (Lipinski definition) is 8. The number of pyridine rings is 1. The minimum absolute atomic E-state index is 0.0383. The molecule has 0 aliphatic carbocycles. The number of ether oxygens (including phenoxy) is 1. The van der Waals surface area contributed by atoms with Gasteiger partial charge in [0.25, 0.3) is 0 Å². The number of methoxy groups -OCH3 is 1. The minimum Gasteiger partial charge on any atom is -0.380 e. The Hall–Kier alpha value is -4.27. The highest BCUT2D eigenvalue weighted by atomic mass is 35.5. The molecule has 0 radical (unpaired) electrons. The number of benzene rings is 3. The zero-order valence-electron chi connectivity index (χ0n) is 27.3. The lowest BCUT2D eigenvalue weighted by atomic mass is 9.98. The van der Waals surface area contributed by atoms with Gasteiger partial charge in [-0.3, -0.25) is 9.88 Å². The zero-order valence-corrected chi connectivity index (χ0v) is 28.8. The quantitative estimate of drug-likeness (QED) is 0.159. The van der Waals surface area contributed by atoms with Crippen molar-refractivity contribution in [1.29, 1.82) is 5.26 Å². The van der Waals surface area contributed by atoms with Crippen LogP contribution in [0.4, 0.5) is 21.5 Å². The molecule has 0 spiro atoms. The van der Waals surface area contributed by atoms with Crippen molar-refractivity contribution in [3.05, 3.63) is 105 Å². The van der Waals surface area contributed by atoms with Gasteiger partial charge in [-0.25, -0.2) is 9.07 Å². The summed E-state index contributed by atoms with van der Waals surface area (Å²) in [5.41, 5.74) is 5.33. The van der Waals surface area contributed by atoms with Crippen molar-refractivity contribution >= 4 is 51.2 Å². The van der Waals surface area contributed by atoms with Gasteiger partial charge >= 0.3 is 0 Å². The van der Waals surface area contributed by atoms with E-state index < -0.39 is 11.9 Å². The normalized spacial score (nSPS) is 15.0. The van der Waals surface area contributed by atoms with Crippen LogP contribution in [0, 0.1) is 17.1 Å². The van der Waals surface area contributed by atoms with Gasteiger partial charge in [0.1, 0.15) is 17.6 Å². The molecule has 3 aromatic carbocycles. The molecule has 248 valence electrons. The SMILES string of the molecule is COCc1cccc([C@H](Nc2cc(Cl)cc3c(Nc4ccc(F)c(Cl)c4)c(C#N)cnc23)c2cn(C3CCN(C(C)(C)C)CC3)nn2)c1. The van der Waals surface area contributed by atoms with Crippen LogP contribution in [0.25, 0.3) is 10.9 Å². The van der Waals surface area contributed by atoms with Gasteiger partial charge in [-0.2, -0.15) is 5.26 Å². The van der Waals surface area contributed by atoms with Crippen LogP contribution in [-0.4, -0.2) is 50.6 Å². The molecule has 1 aliphatic rings. The monoisotopic (exact) mass is 686 g/mol. The Bertz CT molecular complexity index is 1980. The molecule has 3 heterocycles. The molecule has 0 saturated carbocycles. The Morgan fingerprint density at radius 3 is 2.60 bits per heavy atom. The number of fused-ring (bicyclic) bond motifs is 1. The Morgan fingerprint density at radius 2 is 1.90 bits per heavy atom. The van der Waals surface area contributed by atoms with Crippen molar-refractivity contribution in [2.24, 2.45) is 0 Å². The van der Waals surface area contributed by atoms with E-state index in [1.807, 2.05) is 29.1 Å². The summed E-state index contributed by atoms with van der Waals surface area (Å²) < 4.78 is 21.3. The smallest absolute Gasteiger partial charge is 0.141 e. The van der Waals surface area contributed by atoms with Crippen molar-refractivity contribution < 1.29 is 9.13 Å². The molecule has 0 unspecified atom stereocenters. The molecular weight excluding hydrogens is 650 g/mol. The first-order valence-electron chi connectivity index (χ1n) is 15.8. The maximum absolute atomic E-state index is 13.9. The number of rotatable bonds is 9. The van der Waals surface area contributed by atoms with Crippen LogP contribution in [0.3, 0.4) is 0 Å². The maximum atomic E-state index is 13.9. The summed E-state index contributed by atoms with van der Waals surface area (Å²) in [6.07, 6.45) is 5.50. The standard InChI is InChI=1S/C36H37Cl2FN8O/c1-36(2,3)46-12-10-27(11-13-46)47-20-32(44-45-47)34(23-7-5-6-22(14-23)21-48-4)43-31-16-25(37)15-28-33(24(18-40)19-41-35(28)31)42-26-8-9-30(39)29(38)17-26/h5-9,14-17,19-20,27,34,43H,10-13,21H2,1-4H3,(H,41,42)/t34-/m0/s1. The Balaban J connectivity index is 1.39. The molecule has 0 amide bonds. The van der Waals surface area contributed by atoms with E-state index in [9.17, 15) is 9.65 Å². The molecule has 6 rings (SSSR count). The van der Waals surface area contributed by atoms with Crippen molar-refractivity contribution in [3.63, 3.8) is 0 Å². The van der Waals surface area contributed by atoms with Crippen LogP contribution in [-0.2, 0) is 11.3 Å². The van der Waals surface area contributed by atoms with Crippen molar-refractivity contribution in [2.75, 3.05) is 30.8 Å². The van der Waals surface area contributed by atoms with E-state index in [1.165, 1.54) is 18.3 Å².